The van der Waals surface area contributed by atoms with Gasteiger partial charge in [0, 0.05) is 11.6 Å². The Morgan fingerprint density at radius 1 is 1.33 bits per heavy atom. The summed E-state index contributed by atoms with van der Waals surface area (Å²) < 4.78 is 52.1. The van der Waals surface area contributed by atoms with E-state index in [0.29, 0.717) is 6.42 Å². The summed E-state index contributed by atoms with van der Waals surface area (Å²) in [5.74, 6) is -2.60. The van der Waals surface area contributed by atoms with Gasteiger partial charge in [0.2, 0.25) is 10.0 Å². The zero-order chi connectivity index (χ0) is 13.8. The van der Waals surface area contributed by atoms with Crippen LogP contribution < -0.4 is 4.72 Å². The Bertz CT molecular complexity index is 481. The highest BCUT2D eigenvalue weighted by Crippen LogP contribution is 2.15. The third-order valence-corrected chi connectivity index (χ3v) is 3.82. The van der Waals surface area contributed by atoms with Crippen molar-refractivity contribution in [3.8, 4) is 0 Å². The molecule has 0 saturated heterocycles. The van der Waals surface area contributed by atoms with E-state index in [4.69, 9.17) is 5.11 Å². The second kappa shape index (κ2) is 6.21. The van der Waals surface area contributed by atoms with E-state index in [1.54, 1.807) is 6.92 Å². The SMILES string of the molecule is CCC(CO)NS(=O)(=O)Cc1c(F)cccc1F. The second-order valence-corrected chi connectivity index (χ2v) is 5.62. The first-order valence-corrected chi connectivity index (χ1v) is 7.08. The van der Waals surface area contributed by atoms with Gasteiger partial charge in [-0.2, -0.15) is 0 Å². The molecule has 0 spiro atoms. The molecule has 0 aromatic heterocycles. The summed E-state index contributed by atoms with van der Waals surface area (Å²) in [7, 11) is -3.89. The minimum Gasteiger partial charge on any atom is -0.395 e. The van der Waals surface area contributed by atoms with Crippen molar-refractivity contribution >= 4 is 10.0 Å². The predicted molar refractivity (Wildman–Crippen MR) is 63.3 cm³/mol. The van der Waals surface area contributed by atoms with Crippen LogP contribution in [0, 0.1) is 11.6 Å². The third kappa shape index (κ3) is 4.01. The highest BCUT2D eigenvalue weighted by Gasteiger charge is 2.20. The molecule has 0 aliphatic heterocycles. The Morgan fingerprint density at radius 3 is 2.33 bits per heavy atom. The Morgan fingerprint density at radius 2 is 1.89 bits per heavy atom. The normalized spacial score (nSPS) is 13.6. The molecule has 0 heterocycles. The van der Waals surface area contributed by atoms with E-state index in [-0.39, 0.29) is 6.61 Å². The standard InChI is InChI=1S/C11H15F2NO3S/c1-2-8(6-15)14-18(16,17)7-9-10(12)4-3-5-11(9)13/h3-5,8,14-15H,2,6-7H2,1H3. The maximum absolute atomic E-state index is 13.3. The molecular weight excluding hydrogens is 264 g/mol. The fourth-order valence-electron chi connectivity index (χ4n) is 1.41. The minimum absolute atomic E-state index is 0.366. The summed E-state index contributed by atoms with van der Waals surface area (Å²) in [6.07, 6.45) is 0.384. The highest BCUT2D eigenvalue weighted by molar-refractivity contribution is 7.88. The third-order valence-electron chi connectivity index (χ3n) is 2.46. The van der Waals surface area contributed by atoms with Gasteiger partial charge in [-0.15, -0.1) is 0 Å². The molecule has 2 N–H and O–H groups in total. The van der Waals surface area contributed by atoms with Gasteiger partial charge in [0.05, 0.1) is 12.4 Å². The average Bonchev–Trinajstić information content (AvgIpc) is 2.31. The molecule has 0 saturated carbocycles. The van der Waals surface area contributed by atoms with Gasteiger partial charge in [-0.25, -0.2) is 21.9 Å². The molecule has 0 aliphatic rings. The molecule has 1 unspecified atom stereocenters. The minimum atomic E-state index is -3.89. The number of nitrogens with one attached hydrogen (secondary N) is 1. The summed E-state index contributed by atoms with van der Waals surface area (Å²) in [4.78, 5) is 0. The number of aliphatic hydroxyl groups is 1. The van der Waals surface area contributed by atoms with E-state index < -0.39 is 39.0 Å². The zero-order valence-electron chi connectivity index (χ0n) is 9.86. The lowest BCUT2D eigenvalue weighted by molar-refractivity contribution is 0.253. The molecule has 7 heteroatoms. The van der Waals surface area contributed by atoms with Gasteiger partial charge in [0.1, 0.15) is 11.6 Å². The van der Waals surface area contributed by atoms with Gasteiger partial charge in [0.25, 0.3) is 0 Å². The van der Waals surface area contributed by atoms with Gasteiger partial charge in [-0.1, -0.05) is 13.0 Å². The summed E-state index contributed by atoms with van der Waals surface area (Å²) >= 11 is 0. The van der Waals surface area contributed by atoms with Gasteiger partial charge in [-0.05, 0) is 18.6 Å². The largest absolute Gasteiger partial charge is 0.395 e. The molecule has 1 atom stereocenters. The smallest absolute Gasteiger partial charge is 0.216 e. The molecule has 4 nitrogen and oxygen atoms in total. The first kappa shape index (κ1) is 15.0. The van der Waals surface area contributed by atoms with Crippen LogP contribution in [-0.2, 0) is 15.8 Å². The molecule has 0 radical (unpaired) electrons. The van der Waals surface area contributed by atoms with Crippen LogP contribution in [-0.4, -0.2) is 26.2 Å². The maximum atomic E-state index is 13.3. The summed E-state index contributed by atoms with van der Waals surface area (Å²) in [5.41, 5.74) is -0.502. The van der Waals surface area contributed by atoms with E-state index >= 15 is 0 Å². The number of hydrogen-bond acceptors (Lipinski definition) is 3. The Labute approximate surface area is 105 Å². The number of sulfonamides is 1. The molecule has 0 bridgehead atoms. The Kier molecular flexibility index (Phi) is 5.18. The maximum Gasteiger partial charge on any atom is 0.216 e. The van der Waals surface area contributed by atoms with E-state index in [1.807, 2.05) is 0 Å². The van der Waals surface area contributed by atoms with Gasteiger partial charge < -0.3 is 5.11 Å². The fourth-order valence-corrected chi connectivity index (χ4v) is 2.89. The lowest BCUT2D eigenvalue weighted by Crippen LogP contribution is -2.37. The van der Waals surface area contributed by atoms with E-state index in [9.17, 15) is 17.2 Å². The summed E-state index contributed by atoms with van der Waals surface area (Å²) in [6, 6.07) is 2.51. The Balaban J connectivity index is 2.89. The quantitative estimate of drug-likeness (QED) is 0.821. The van der Waals surface area contributed by atoms with Crippen LogP contribution in [0.15, 0.2) is 18.2 Å². The number of benzene rings is 1. The second-order valence-electron chi connectivity index (χ2n) is 3.86. The monoisotopic (exact) mass is 279 g/mol. The zero-order valence-corrected chi connectivity index (χ0v) is 10.7. The molecule has 0 aliphatic carbocycles. The average molecular weight is 279 g/mol. The first-order valence-electron chi connectivity index (χ1n) is 5.43. The predicted octanol–water partition coefficient (Wildman–Crippen LogP) is 1.16. The van der Waals surface area contributed by atoms with Crippen molar-refractivity contribution < 1.29 is 22.3 Å². The van der Waals surface area contributed by atoms with Crippen LogP contribution in [0.4, 0.5) is 8.78 Å². The van der Waals surface area contributed by atoms with E-state index in [2.05, 4.69) is 4.72 Å². The van der Waals surface area contributed by atoms with Gasteiger partial charge >= 0.3 is 0 Å². The van der Waals surface area contributed by atoms with Crippen LogP contribution in [0.25, 0.3) is 0 Å². The number of halogens is 2. The van der Waals surface area contributed by atoms with Crippen molar-refractivity contribution in [3.05, 3.63) is 35.4 Å². The van der Waals surface area contributed by atoms with Crippen molar-refractivity contribution in [2.75, 3.05) is 6.61 Å². The molecule has 1 aromatic rings. The van der Waals surface area contributed by atoms with Crippen LogP contribution >= 0.6 is 0 Å². The number of hydrogen-bond donors (Lipinski definition) is 2. The molecule has 1 aromatic carbocycles. The molecule has 0 amide bonds. The van der Waals surface area contributed by atoms with Crippen LogP contribution in [0.5, 0.6) is 0 Å². The van der Waals surface area contributed by atoms with Gasteiger partial charge in [0.15, 0.2) is 0 Å². The van der Waals surface area contributed by atoms with Crippen molar-refractivity contribution in [2.24, 2.45) is 0 Å². The molecule has 102 valence electrons. The van der Waals surface area contributed by atoms with Gasteiger partial charge in [-0.3, -0.25) is 0 Å². The highest BCUT2D eigenvalue weighted by atomic mass is 32.2. The first-order chi connectivity index (χ1) is 8.39. The van der Waals surface area contributed by atoms with Crippen LogP contribution in [0.2, 0.25) is 0 Å². The van der Waals surface area contributed by atoms with Crippen molar-refractivity contribution in [3.63, 3.8) is 0 Å². The number of rotatable bonds is 6. The van der Waals surface area contributed by atoms with Crippen LogP contribution in [0.1, 0.15) is 18.9 Å². The van der Waals surface area contributed by atoms with Crippen molar-refractivity contribution in [1.29, 1.82) is 0 Å². The summed E-state index contributed by atoms with van der Waals surface area (Å²) in [6.45, 7) is 1.32. The fraction of sp³-hybridized carbons (Fsp3) is 0.455. The Hall–Kier alpha value is -1.05. The van der Waals surface area contributed by atoms with E-state index in [1.165, 1.54) is 0 Å². The molecule has 1 rings (SSSR count). The van der Waals surface area contributed by atoms with E-state index in [0.717, 1.165) is 18.2 Å². The molecule has 18 heavy (non-hydrogen) atoms. The molecular formula is C11H15F2NO3S. The number of aliphatic hydroxyl groups excluding tert-OH is 1. The van der Waals surface area contributed by atoms with Crippen LogP contribution in [0.3, 0.4) is 0 Å². The van der Waals surface area contributed by atoms with Crippen molar-refractivity contribution in [2.45, 2.75) is 25.1 Å². The lowest BCUT2D eigenvalue weighted by atomic mass is 10.2. The lowest BCUT2D eigenvalue weighted by Gasteiger charge is -2.14. The summed E-state index contributed by atoms with van der Waals surface area (Å²) in [5, 5.41) is 8.89. The topological polar surface area (TPSA) is 66.4 Å². The van der Waals surface area contributed by atoms with Crippen molar-refractivity contribution in [1.82, 2.24) is 4.72 Å². The molecule has 0 fully saturated rings.